The molecule has 1 aliphatic heterocycles. The van der Waals surface area contributed by atoms with Gasteiger partial charge in [-0.05, 0) is 70.7 Å². The molecule has 0 radical (unpaired) electrons. The van der Waals surface area contributed by atoms with Crippen LogP contribution in [0.25, 0.3) is 0 Å². The van der Waals surface area contributed by atoms with E-state index in [1.165, 1.54) is 71.1 Å². The van der Waals surface area contributed by atoms with Gasteiger partial charge in [0, 0.05) is 0 Å². The molecule has 2 heteroatoms. The molecule has 0 bridgehead atoms. The van der Waals surface area contributed by atoms with E-state index in [1.807, 2.05) is 0 Å². The van der Waals surface area contributed by atoms with Gasteiger partial charge in [0.25, 0.3) is 0 Å². The van der Waals surface area contributed by atoms with E-state index in [0.717, 1.165) is 12.5 Å². The smallest absolute Gasteiger partial charge is 0.00162 e. The zero-order valence-electron chi connectivity index (χ0n) is 12.0. The van der Waals surface area contributed by atoms with Crippen molar-refractivity contribution in [2.45, 2.75) is 58.8 Å². The summed E-state index contributed by atoms with van der Waals surface area (Å²) in [5.74, 6) is 0.958. The minimum Gasteiger partial charge on any atom is -0.317 e. The third-order valence-electron chi connectivity index (χ3n) is 3.94. The first-order chi connectivity index (χ1) is 8.33. The van der Waals surface area contributed by atoms with E-state index < -0.39 is 0 Å². The van der Waals surface area contributed by atoms with Crippen LogP contribution in [0.1, 0.15) is 58.8 Å². The average molecular weight is 240 g/mol. The second kappa shape index (κ2) is 9.90. The molecule has 0 aliphatic carbocycles. The maximum Gasteiger partial charge on any atom is -0.00162 e. The molecule has 17 heavy (non-hydrogen) atoms. The van der Waals surface area contributed by atoms with Gasteiger partial charge in [-0.25, -0.2) is 0 Å². The van der Waals surface area contributed by atoms with Crippen molar-refractivity contribution in [2.75, 3.05) is 32.7 Å². The fourth-order valence-corrected chi connectivity index (χ4v) is 2.66. The SMILES string of the molecule is CCNCCCCCCN1CCCC(C)CC1. The summed E-state index contributed by atoms with van der Waals surface area (Å²) >= 11 is 0. The normalized spacial score (nSPS) is 22.6. The van der Waals surface area contributed by atoms with Crippen molar-refractivity contribution >= 4 is 0 Å². The van der Waals surface area contributed by atoms with Crippen LogP contribution >= 0.6 is 0 Å². The van der Waals surface area contributed by atoms with Crippen LogP contribution in [0.15, 0.2) is 0 Å². The minimum absolute atomic E-state index is 0.958. The highest BCUT2D eigenvalue weighted by Crippen LogP contribution is 2.16. The van der Waals surface area contributed by atoms with Gasteiger partial charge in [0.15, 0.2) is 0 Å². The van der Waals surface area contributed by atoms with Crippen molar-refractivity contribution < 1.29 is 0 Å². The van der Waals surface area contributed by atoms with E-state index in [-0.39, 0.29) is 0 Å². The second-order valence-electron chi connectivity index (χ2n) is 5.65. The molecule has 1 aliphatic rings. The molecular weight excluding hydrogens is 208 g/mol. The third kappa shape index (κ3) is 7.77. The topological polar surface area (TPSA) is 15.3 Å². The lowest BCUT2D eigenvalue weighted by atomic mass is 10.0. The summed E-state index contributed by atoms with van der Waals surface area (Å²) in [6, 6.07) is 0. The Morgan fingerprint density at radius 1 is 1.06 bits per heavy atom. The van der Waals surface area contributed by atoms with Crippen LogP contribution in [0.5, 0.6) is 0 Å². The number of hydrogen-bond donors (Lipinski definition) is 1. The predicted octanol–water partition coefficient (Wildman–Crippen LogP) is 3.28. The van der Waals surface area contributed by atoms with Crippen molar-refractivity contribution in [2.24, 2.45) is 5.92 Å². The summed E-state index contributed by atoms with van der Waals surface area (Å²) in [7, 11) is 0. The Labute approximate surface area is 108 Å². The molecule has 2 nitrogen and oxygen atoms in total. The zero-order valence-corrected chi connectivity index (χ0v) is 12.0. The summed E-state index contributed by atoms with van der Waals surface area (Å²) < 4.78 is 0. The van der Waals surface area contributed by atoms with Gasteiger partial charge in [0.2, 0.25) is 0 Å². The van der Waals surface area contributed by atoms with Crippen LogP contribution in [-0.2, 0) is 0 Å². The van der Waals surface area contributed by atoms with Gasteiger partial charge in [-0.2, -0.15) is 0 Å². The molecule has 0 spiro atoms. The number of hydrogen-bond acceptors (Lipinski definition) is 2. The molecule has 0 aromatic carbocycles. The lowest BCUT2D eigenvalue weighted by Gasteiger charge is -2.19. The second-order valence-corrected chi connectivity index (χ2v) is 5.65. The number of unbranched alkanes of at least 4 members (excludes halogenated alkanes) is 3. The number of rotatable bonds is 8. The molecule has 1 N–H and O–H groups in total. The van der Waals surface area contributed by atoms with E-state index >= 15 is 0 Å². The molecule has 0 amide bonds. The number of likely N-dealkylation sites (tertiary alicyclic amines) is 1. The summed E-state index contributed by atoms with van der Waals surface area (Å²) in [6.07, 6.45) is 9.85. The van der Waals surface area contributed by atoms with Gasteiger partial charge in [-0.1, -0.05) is 26.7 Å². The fraction of sp³-hybridized carbons (Fsp3) is 1.00. The lowest BCUT2D eigenvalue weighted by Crippen LogP contribution is -2.25. The molecule has 1 rings (SSSR count). The molecule has 1 heterocycles. The molecule has 1 saturated heterocycles. The maximum absolute atomic E-state index is 3.39. The van der Waals surface area contributed by atoms with Gasteiger partial charge in [-0.3, -0.25) is 0 Å². The molecule has 0 aromatic rings. The highest BCUT2D eigenvalue weighted by Gasteiger charge is 2.12. The summed E-state index contributed by atoms with van der Waals surface area (Å²) in [6.45, 7) is 10.9. The van der Waals surface area contributed by atoms with Crippen LogP contribution < -0.4 is 5.32 Å². The zero-order chi connectivity index (χ0) is 12.3. The molecule has 1 atom stereocenters. The Morgan fingerprint density at radius 2 is 1.88 bits per heavy atom. The quantitative estimate of drug-likeness (QED) is 0.655. The standard InChI is InChI=1S/C15H32N2/c1-3-16-11-6-4-5-7-12-17-13-8-9-15(2)10-14-17/h15-16H,3-14H2,1-2H3. The van der Waals surface area contributed by atoms with Gasteiger partial charge in [-0.15, -0.1) is 0 Å². The Morgan fingerprint density at radius 3 is 2.71 bits per heavy atom. The maximum atomic E-state index is 3.39. The number of nitrogens with zero attached hydrogens (tertiary/aromatic N) is 1. The Bertz CT molecular complexity index is 170. The highest BCUT2D eigenvalue weighted by atomic mass is 15.1. The van der Waals surface area contributed by atoms with Crippen LogP contribution in [0, 0.1) is 5.92 Å². The largest absolute Gasteiger partial charge is 0.317 e. The molecule has 0 aromatic heterocycles. The first-order valence-electron chi connectivity index (χ1n) is 7.76. The van der Waals surface area contributed by atoms with Crippen LogP contribution in [-0.4, -0.2) is 37.6 Å². The first-order valence-corrected chi connectivity index (χ1v) is 7.76. The van der Waals surface area contributed by atoms with Crippen LogP contribution in [0.3, 0.4) is 0 Å². The Hall–Kier alpha value is -0.0800. The van der Waals surface area contributed by atoms with Crippen LogP contribution in [0.2, 0.25) is 0 Å². The fourth-order valence-electron chi connectivity index (χ4n) is 2.66. The van der Waals surface area contributed by atoms with E-state index in [9.17, 15) is 0 Å². The van der Waals surface area contributed by atoms with Gasteiger partial charge < -0.3 is 10.2 Å². The number of nitrogens with one attached hydrogen (secondary N) is 1. The summed E-state index contributed by atoms with van der Waals surface area (Å²) in [5, 5.41) is 3.39. The van der Waals surface area contributed by atoms with Crippen molar-refractivity contribution in [1.29, 1.82) is 0 Å². The van der Waals surface area contributed by atoms with E-state index in [0.29, 0.717) is 0 Å². The predicted molar refractivity (Wildman–Crippen MR) is 76.5 cm³/mol. The molecule has 0 saturated carbocycles. The van der Waals surface area contributed by atoms with E-state index in [2.05, 4.69) is 24.1 Å². The average Bonchev–Trinajstić information content (AvgIpc) is 2.53. The van der Waals surface area contributed by atoms with Gasteiger partial charge in [0.1, 0.15) is 0 Å². The van der Waals surface area contributed by atoms with E-state index in [4.69, 9.17) is 0 Å². The molecule has 1 fully saturated rings. The molecular formula is C15H32N2. The van der Waals surface area contributed by atoms with Crippen LogP contribution in [0.4, 0.5) is 0 Å². The molecule has 102 valence electrons. The summed E-state index contributed by atoms with van der Waals surface area (Å²) in [5.41, 5.74) is 0. The highest BCUT2D eigenvalue weighted by molar-refractivity contribution is 4.67. The minimum atomic E-state index is 0.958. The first kappa shape index (κ1) is 15.0. The van der Waals surface area contributed by atoms with Crippen molar-refractivity contribution in [3.05, 3.63) is 0 Å². The Balaban J connectivity index is 1.91. The third-order valence-corrected chi connectivity index (χ3v) is 3.94. The van der Waals surface area contributed by atoms with Crippen molar-refractivity contribution in [3.8, 4) is 0 Å². The van der Waals surface area contributed by atoms with E-state index in [1.54, 1.807) is 0 Å². The Kier molecular flexibility index (Phi) is 8.72. The molecule has 1 unspecified atom stereocenters. The monoisotopic (exact) mass is 240 g/mol. The van der Waals surface area contributed by atoms with Gasteiger partial charge in [0.05, 0.1) is 0 Å². The van der Waals surface area contributed by atoms with Crippen molar-refractivity contribution in [3.63, 3.8) is 0 Å². The lowest BCUT2D eigenvalue weighted by molar-refractivity contribution is 0.274. The summed E-state index contributed by atoms with van der Waals surface area (Å²) in [4.78, 5) is 2.69. The van der Waals surface area contributed by atoms with Gasteiger partial charge >= 0.3 is 0 Å². The van der Waals surface area contributed by atoms with Crippen molar-refractivity contribution in [1.82, 2.24) is 10.2 Å².